The van der Waals surface area contributed by atoms with Gasteiger partial charge in [-0.3, -0.25) is 9.48 Å². The third-order valence-corrected chi connectivity index (χ3v) is 4.34. The van der Waals surface area contributed by atoms with Crippen LogP contribution in [-0.2, 0) is 16.6 Å². The Labute approximate surface area is 143 Å². The van der Waals surface area contributed by atoms with Gasteiger partial charge in [-0.2, -0.15) is 5.10 Å². The average molecular weight is 351 g/mol. The summed E-state index contributed by atoms with van der Waals surface area (Å²) in [7, 11) is 1.92. The number of carbonyl (C=O) groups excluding carboxylic acids is 1. The van der Waals surface area contributed by atoms with E-state index in [1.807, 2.05) is 29.0 Å². The number of hydrogen-bond acceptors (Lipinski definition) is 4. The first kappa shape index (κ1) is 19.2. The zero-order chi connectivity index (χ0) is 14.1. The predicted molar refractivity (Wildman–Crippen MR) is 88.6 cm³/mol. The van der Waals surface area contributed by atoms with Crippen molar-refractivity contribution in [2.45, 2.75) is 37.4 Å². The fourth-order valence-corrected chi connectivity index (χ4v) is 3.15. The zero-order valence-corrected chi connectivity index (χ0v) is 14.3. The molecule has 2 aliphatic rings. The van der Waals surface area contributed by atoms with Gasteiger partial charge >= 0.3 is 0 Å². The lowest BCUT2D eigenvalue weighted by Gasteiger charge is -2.20. The molecule has 2 N–H and O–H groups in total. The van der Waals surface area contributed by atoms with E-state index in [0.717, 1.165) is 32.4 Å². The van der Waals surface area contributed by atoms with Gasteiger partial charge in [-0.1, -0.05) is 0 Å². The van der Waals surface area contributed by atoms with Gasteiger partial charge < -0.3 is 15.4 Å². The van der Waals surface area contributed by atoms with Gasteiger partial charge in [0.2, 0.25) is 0 Å². The van der Waals surface area contributed by atoms with Gasteiger partial charge in [-0.05, 0) is 24.8 Å². The highest BCUT2D eigenvalue weighted by atomic mass is 35.5. The van der Waals surface area contributed by atoms with E-state index in [-0.39, 0.29) is 42.9 Å². The number of carbonyl (C=O) groups is 1. The lowest BCUT2D eigenvalue weighted by atomic mass is 10.0. The Morgan fingerprint density at radius 1 is 1.41 bits per heavy atom. The molecule has 1 aromatic rings. The molecule has 1 unspecified atom stereocenters. The fraction of sp³-hybridized carbons (Fsp3) is 0.714. The fourth-order valence-electron chi connectivity index (χ4n) is 3.15. The molecule has 0 saturated carbocycles. The van der Waals surface area contributed by atoms with Crippen molar-refractivity contribution in [1.82, 2.24) is 14.7 Å². The first-order chi connectivity index (χ1) is 9.67. The van der Waals surface area contributed by atoms with Crippen LogP contribution in [0.15, 0.2) is 12.4 Å². The molecule has 0 spiro atoms. The van der Waals surface area contributed by atoms with Crippen LogP contribution in [-0.4, -0.2) is 52.4 Å². The van der Waals surface area contributed by atoms with E-state index in [4.69, 9.17) is 10.5 Å². The van der Waals surface area contributed by atoms with Crippen molar-refractivity contribution in [2.75, 3.05) is 19.6 Å². The molecule has 22 heavy (non-hydrogen) atoms. The molecule has 2 fully saturated rings. The third-order valence-electron chi connectivity index (χ3n) is 4.34. The molecule has 126 valence electrons. The van der Waals surface area contributed by atoms with Crippen LogP contribution in [0.5, 0.6) is 0 Å². The number of aromatic nitrogens is 2. The molecule has 3 heterocycles. The number of rotatable bonds is 3. The number of aryl methyl sites for hydroxylation is 1. The van der Waals surface area contributed by atoms with Crippen LogP contribution in [0.1, 0.15) is 30.7 Å². The number of amides is 1. The summed E-state index contributed by atoms with van der Waals surface area (Å²) in [5, 5.41) is 4.20. The van der Waals surface area contributed by atoms with Crippen molar-refractivity contribution >= 4 is 30.7 Å². The minimum Gasteiger partial charge on any atom is -0.364 e. The maximum atomic E-state index is 12.4. The van der Waals surface area contributed by atoms with Crippen LogP contribution >= 0.6 is 24.8 Å². The molecule has 2 aliphatic heterocycles. The quantitative estimate of drug-likeness (QED) is 0.885. The predicted octanol–water partition coefficient (Wildman–Crippen LogP) is 1.09. The number of nitrogens with zero attached hydrogens (tertiary/aromatic N) is 3. The lowest BCUT2D eigenvalue weighted by Crippen LogP contribution is -2.38. The second kappa shape index (κ2) is 8.15. The molecule has 0 radical (unpaired) electrons. The van der Waals surface area contributed by atoms with Crippen LogP contribution in [0, 0.1) is 0 Å². The first-order valence-corrected chi connectivity index (χ1v) is 7.30. The van der Waals surface area contributed by atoms with E-state index in [2.05, 4.69) is 5.10 Å². The van der Waals surface area contributed by atoms with Crippen molar-refractivity contribution < 1.29 is 9.53 Å². The van der Waals surface area contributed by atoms with Crippen molar-refractivity contribution in [2.24, 2.45) is 12.8 Å². The Morgan fingerprint density at radius 3 is 2.77 bits per heavy atom. The Kier molecular flexibility index (Phi) is 7.12. The van der Waals surface area contributed by atoms with Gasteiger partial charge in [-0.25, -0.2) is 0 Å². The minimum atomic E-state index is -0.281. The minimum absolute atomic E-state index is 0. The van der Waals surface area contributed by atoms with Crippen molar-refractivity contribution in [3.63, 3.8) is 0 Å². The van der Waals surface area contributed by atoms with Crippen LogP contribution < -0.4 is 5.73 Å². The largest absolute Gasteiger partial charge is 0.364 e. The smallest absolute Gasteiger partial charge is 0.251 e. The average Bonchev–Trinajstić information content (AvgIpc) is 3.17. The monoisotopic (exact) mass is 350 g/mol. The molecule has 0 aliphatic carbocycles. The van der Waals surface area contributed by atoms with E-state index in [9.17, 15) is 4.79 Å². The van der Waals surface area contributed by atoms with E-state index >= 15 is 0 Å². The summed E-state index contributed by atoms with van der Waals surface area (Å²) in [6, 6.07) is 0. The second-order valence-electron chi connectivity index (χ2n) is 5.78. The first-order valence-electron chi connectivity index (χ1n) is 7.30. The van der Waals surface area contributed by atoms with Crippen LogP contribution in [0.4, 0.5) is 0 Å². The topological polar surface area (TPSA) is 73.4 Å². The molecule has 0 bridgehead atoms. The van der Waals surface area contributed by atoms with Gasteiger partial charge in [0, 0.05) is 38.8 Å². The summed E-state index contributed by atoms with van der Waals surface area (Å²) in [6.45, 7) is 2.09. The van der Waals surface area contributed by atoms with E-state index in [1.165, 1.54) is 5.56 Å². The Morgan fingerprint density at radius 2 is 2.18 bits per heavy atom. The summed E-state index contributed by atoms with van der Waals surface area (Å²) in [4.78, 5) is 14.4. The van der Waals surface area contributed by atoms with E-state index in [0.29, 0.717) is 12.5 Å². The maximum Gasteiger partial charge on any atom is 0.251 e. The van der Waals surface area contributed by atoms with Gasteiger partial charge in [0.15, 0.2) is 0 Å². The molecule has 3 atom stereocenters. The molecule has 1 aromatic heterocycles. The van der Waals surface area contributed by atoms with E-state index in [1.54, 1.807) is 0 Å². The molecule has 3 rings (SSSR count). The number of ether oxygens (including phenoxy) is 1. The Balaban J connectivity index is 0.00000121. The number of nitrogens with two attached hydrogens (primary N) is 1. The molecule has 6 nitrogen and oxygen atoms in total. The second-order valence-corrected chi connectivity index (χ2v) is 5.78. The molecule has 2 saturated heterocycles. The van der Waals surface area contributed by atoms with Crippen LogP contribution in [0.2, 0.25) is 0 Å². The SMILES string of the molecule is Cl.Cl.Cn1cc(C2CCN(C(=O)[C@@H]3CC[C@H](CN)O3)C2)cn1. The van der Waals surface area contributed by atoms with Gasteiger partial charge in [0.1, 0.15) is 6.10 Å². The summed E-state index contributed by atoms with van der Waals surface area (Å²) >= 11 is 0. The highest BCUT2D eigenvalue weighted by Gasteiger charge is 2.36. The van der Waals surface area contributed by atoms with Gasteiger partial charge in [0.05, 0.1) is 12.3 Å². The summed E-state index contributed by atoms with van der Waals surface area (Å²) in [6.07, 6.45) is 6.41. The Bertz CT molecular complexity index is 497. The number of hydrogen-bond donors (Lipinski definition) is 1. The van der Waals surface area contributed by atoms with Gasteiger partial charge in [0.25, 0.3) is 5.91 Å². The normalized spacial score (nSPS) is 27.4. The molecule has 8 heteroatoms. The molecular weight excluding hydrogens is 327 g/mol. The summed E-state index contributed by atoms with van der Waals surface area (Å²) in [5.74, 6) is 0.534. The molecule has 0 aromatic carbocycles. The molecular formula is C14H24Cl2N4O2. The Hall–Kier alpha value is -0.820. The summed E-state index contributed by atoms with van der Waals surface area (Å²) < 4.78 is 7.51. The van der Waals surface area contributed by atoms with Crippen molar-refractivity contribution in [1.29, 1.82) is 0 Å². The molecule has 1 amide bonds. The van der Waals surface area contributed by atoms with Crippen LogP contribution in [0.25, 0.3) is 0 Å². The number of halogens is 2. The standard InChI is InChI=1S/C14H22N4O2.2ClH/c1-17-8-11(7-16-17)10-4-5-18(9-10)14(19)13-3-2-12(6-15)20-13;;/h7-8,10,12-13H,2-6,9,15H2,1H3;2*1H/t10?,12-,13+;;/m1../s1. The van der Waals surface area contributed by atoms with Crippen molar-refractivity contribution in [3.8, 4) is 0 Å². The number of likely N-dealkylation sites (tertiary alicyclic amines) is 1. The third kappa shape index (κ3) is 3.93. The maximum absolute atomic E-state index is 12.4. The lowest BCUT2D eigenvalue weighted by molar-refractivity contribution is -0.141. The highest BCUT2D eigenvalue weighted by molar-refractivity contribution is 5.85. The van der Waals surface area contributed by atoms with Gasteiger partial charge in [-0.15, -0.1) is 24.8 Å². The van der Waals surface area contributed by atoms with Crippen molar-refractivity contribution in [3.05, 3.63) is 18.0 Å². The van der Waals surface area contributed by atoms with Crippen LogP contribution in [0.3, 0.4) is 0 Å². The summed E-state index contributed by atoms with van der Waals surface area (Å²) in [5.41, 5.74) is 6.81. The van der Waals surface area contributed by atoms with E-state index < -0.39 is 0 Å². The zero-order valence-electron chi connectivity index (χ0n) is 12.7. The highest BCUT2D eigenvalue weighted by Crippen LogP contribution is 2.29.